The molecule has 2 heterocycles. The molecular formula is C13H16F3N3. The first-order valence-corrected chi connectivity index (χ1v) is 6.49. The number of halogens is 3. The van der Waals surface area contributed by atoms with Crippen molar-refractivity contribution in [2.24, 2.45) is 17.6 Å². The molecule has 1 aromatic heterocycles. The van der Waals surface area contributed by atoms with Crippen LogP contribution in [0.2, 0.25) is 0 Å². The van der Waals surface area contributed by atoms with Crippen molar-refractivity contribution < 1.29 is 13.2 Å². The summed E-state index contributed by atoms with van der Waals surface area (Å²) in [6.07, 6.45) is -0.991. The van der Waals surface area contributed by atoms with Crippen LogP contribution < -0.4 is 10.6 Å². The van der Waals surface area contributed by atoms with Gasteiger partial charge < -0.3 is 10.6 Å². The Balaban J connectivity index is 1.84. The maximum atomic E-state index is 12.7. The van der Waals surface area contributed by atoms with Gasteiger partial charge in [0.05, 0.1) is 0 Å². The number of alkyl halides is 3. The number of hydrogen-bond donors (Lipinski definition) is 1. The van der Waals surface area contributed by atoms with E-state index >= 15 is 0 Å². The van der Waals surface area contributed by atoms with Crippen molar-refractivity contribution in [3.05, 3.63) is 24.0 Å². The molecule has 2 N–H and O–H groups in total. The summed E-state index contributed by atoms with van der Waals surface area (Å²) in [5.41, 5.74) is 5.88. The molecule has 0 aromatic carbocycles. The Morgan fingerprint density at radius 3 is 2.42 bits per heavy atom. The third-order valence-corrected chi connectivity index (χ3v) is 4.31. The maximum absolute atomic E-state index is 12.7. The molecule has 1 aromatic rings. The molecule has 1 aliphatic heterocycles. The maximum Gasteiger partial charge on any atom is 0.433 e. The van der Waals surface area contributed by atoms with Crippen molar-refractivity contribution in [1.29, 1.82) is 0 Å². The van der Waals surface area contributed by atoms with Gasteiger partial charge in [0.25, 0.3) is 0 Å². The largest absolute Gasteiger partial charge is 0.433 e. The SMILES string of the molecule is NC1C2CC[C@H]1CN(c1ccnc(C(F)(F)F)c1)C2. The summed E-state index contributed by atoms with van der Waals surface area (Å²) in [5.74, 6) is 0.808. The number of aromatic nitrogens is 1. The van der Waals surface area contributed by atoms with Crippen LogP contribution in [-0.4, -0.2) is 24.1 Å². The van der Waals surface area contributed by atoms with Crippen molar-refractivity contribution in [2.45, 2.75) is 25.1 Å². The molecule has 3 atom stereocenters. The molecular weight excluding hydrogens is 255 g/mol. The Bertz CT molecular complexity index is 460. The normalized spacial score (nSPS) is 30.7. The highest BCUT2D eigenvalue weighted by molar-refractivity contribution is 5.48. The first-order valence-electron chi connectivity index (χ1n) is 6.49. The fraction of sp³-hybridized carbons (Fsp3) is 0.615. The van der Waals surface area contributed by atoms with E-state index in [4.69, 9.17) is 5.73 Å². The summed E-state index contributed by atoms with van der Waals surface area (Å²) >= 11 is 0. The molecule has 1 saturated carbocycles. The first kappa shape index (κ1) is 12.7. The van der Waals surface area contributed by atoms with Crippen LogP contribution in [0.5, 0.6) is 0 Å². The molecule has 2 unspecified atom stereocenters. The lowest BCUT2D eigenvalue weighted by Crippen LogP contribution is -2.48. The second kappa shape index (κ2) is 4.37. The van der Waals surface area contributed by atoms with Crippen molar-refractivity contribution in [1.82, 2.24) is 4.98 Å². The zero-order valence-corrected chi connectivity index (χ0v) is 10.4. The Kier molecular flexibility index (Phi) is 2.92. The topological polar surface area (TPSA) is 42.1 Å². The van der Waals surface area contributed by atoms with Gasteiger partial charge in [-0.15, -0.1) is 0 Å². The average Bonchev–Trinajstić information content (AvgIpc) is 2.61. The van der Waals surface area contributed by atoms with Gasteiger partial charge in [0.15, 0.2) is 0 Å². The second-order valence-corrected chi connectivity index (χ2v) is 5.48. The number of fused-ring (bicyclic) bond motifs is 2. The van der Waals surface area contributed by atoms with Gasteiger partial charge in [-0.3, -0.25) is 4.98 Å². The summed E-state index contributed by atoms with van der Waals surface area (Å²) < 4.78 is 38.0. The Hall–Kier alpha value is -1.30. The van der Waals surface area contributed by atoms with Gasteiger partial charge >= 0.3 is 6.18 Å². The molecule has 0 spiro atoms. The standard InChI is InChI=1S/C13H16F3N3/c14-13(15,16)11-5-10(3-4-18-11)19-6-8-1-2-9(7-19)12(8)17/h3-5,8-9,12H,1-2,6-7,17H2/t8-,9?,12?/m0/s1. The molecule has 0 amide bonds. The molecule has 1 saturated heterocycles. The van der Waals surface area contributed by atoms with E-state index in [0.717, 1.165) is 32.0 Å². The molecule has 2 fully saturated rings. The summed E-state index contributed by atoms with van der Waals surface area (Å²) in [5, 5.41) is 0. The summed E-state index contributed by atoms with van der Waals surface area (Å²) in [7, 11) is 0. The summed E-state index contributed by atoms with van der Waals surface area (Å²) in [6.45, 7) is 1.50. The minimum absolute atomic E-state index is 0.208. The number of rotatable bonds is 1. The van der Waals surface area contributed by atoms with E-state index in [-0.39, 0.29) is 6.04 Å². The number of piperidine rings is 1. The van der Waals surface area contributed by atoms with Crippen LogP contribution in [0.3, 0.4) is 0 Å². The van der Waals surface area contributed by atoms with E-state index in [1.165, 1.54) is 6.20 Å². The molecule has 3 rings (SSSR count). The van der Waals surface area contributed by atoms with Gasteiger partial charge in [-0.25, -0.2) is 0 Å². The van der Waals surface area contributed by atoms with Crippen LogP contribution in [0, 0.1) is 11.8 Å². The number of nitrogens with two attached hydrogens (primary N) is 1. The zero-order valence-electron chi connectivity index (χ0n) is 10.4. The van der Waals surface area contributed by atoms with E-state index in [9.17, 15) is 13.2 Å². The highest BCUT2D eigenvalue weighted by Crippen LogP contribution is 2.38. The van der Waals surface area contributed by atoms with Gasteiger partial charge in [0.2, 0.25) is 0 Å². The van der Waals surface area contributed by atoms with Crippen LogP contribution >= 0.6 is 0 Å². The van der Waals surface area contributed by atoms with Crippen molar-refractivity contribution in [3.63, 3.8) is 0 Å². The number of hydrogen-bond acceptors (Lipinski definition) is 3. The number of pyridine rings is 1. The molecule has 2 bridgehead atoms. The fourth-order valence-corrected chi connectivity index (χ4v) is 3.25. The highest BCUT2D eigenvalue weighted by atomic mass is 19.4. The van der Waals surface area contributed by atoms with E-state index < -0.39 is 11.9 Å². The smallest absolute Gasteiger partial charge is 0.371 e. The minimum atomic E-state index is -4.39. The lowest BCUT2D eigenvalue weighted by Gasteiger charge is -2.37. The van der Waals surface area contributed by atoms with E-state index in [2.05, 4.69) is 4.98 Å². The predicted octanol–water partition coefficient (Wildman–Crippen LogP) is 2.27. The molecule has 19 heavy (non-hydrogen) atoms. The molecule has 1 aliphatic carbocycles. The van der Waals surface area contributed by atoms with Crippen LogP contribution in [0.25, 0.3) is 0 Å². The molecule has 2 aliphatic rings. The van der Waals surface area contributed by atoms with Crippen LogP contribution in [0.1, 0.15) is 18.5 Å². The second-order valence-electron chi connectivity index (χ2n) is 5.48. The molecule has 6 heteroatoms. The van der Waals surface area contributed by atoms with Gasteiger partial charge in [-0.1, -0.05) is 0 Å². The van der Waals surface area contributed by atoms with E-state index in [1.807, 2.05) is 4.90 Å². The molecule has 0 radical (unpaired) electrons. The average molecular weight is 271 g/mol. The van der Waals surface area contributed by atoms with Gasteiger partial charge in [-0.2, -0.15) is 13.2 Å². The van der Waals surface area contributed by atoms with Crippen LogP contribution in [0.15, 0.2) is 18.3 Å². The van der Waals surface area contributed by atoms with Crippen LogP contribution in [0.4, 0.5) is 18.9 Å². The lowest BCUT2D eigenvalue weighted by atomic mass is 9.93. The Labute approximate surface area is 109 Å². The molecule has 3 nitrogen and oxygen atoms in total. The Morgan fingerprint density at radius 2 is 1.84 bits per heavy atom. The fourth-order valence-electron chi connectivity index (χ4n) is 3.25. The van der Waals surface area contributed by atoms with Gasteiger partial charge in [0.1, 0.15) is 5.69 Å². The quantitative estimate of drug-likeness (QED) is 0.852. The van der Waals surface area contributed by atoms with Crippen molar-refractivity contribution >= 4 is 5.69 Å². The van der Waals surface area contributed by atoms with Crippen molar-refractivity contribution in [2.75, 3.05) is 18.0 Å². The van der Waals surface area contributed by atoms with Crippen molar-refractivity contribution in [3.8, 4) is 0 Å². The van der Waals surface area contributed by atoms with Crippen LogP contribution in [-0.2, 0) is 6.18 Å². The highest BCUT2D eigenvalue weighted by Gasteiger charge is 2.40. The van der Waals surface area contributed by atoms with Gasteiger partial charge in [-0.05, 0) is 36.8 Å². The number of anilines is 1. The summed E-state index contributed by atoms with van der Waals surface area (Å²) in [6, 6.07) is 2.99. The van der Waals surface area contributed by atoms with Gasteiger partial charge in [0, 0.05) is 31.0 Å². The predicted molar refractivity (Wildman–Crippen MR) is 65.6 cm³/mol. The van der Waals surface area contributed by atoms with E-state index in [0.29, 0.717) is 17.5 Å². The third kappa shape index (κ3) is 2.29. The molecule has 104 valence electrons. The van der Waals surface area contributed by atoms with E-state index in [1.54, 1.807) is 6.07 Å². The lowest BCUT2D eigenvalue weighted by molar-refractivity contribution is -0.141. The summed E-state index contributed by atoms with van der Waals surface area (Å²) in [4.78, 5) is 5.41. The third-order valence-electron chi connectivity index (χ3n) is 4.31. The first-order chi connectivity index (χ1) is 8.95. The minimum Gasteiger partial charge on any atom is -0.371 e. The Morgan fingerprint density at radius 1 is 1.21 bits per heavy atom. The monoisotopic (exact) mass is 271 g/mol. The zero-order chi connectivity index (χ0) is 13.6. The number of nitrogens with zero attached hydrogens (tertiary/aromatic N) is 2.